The SMILES string of the molecule is CC(C)(C)C(O[Si](c1ccccc1)c1ccccc1)(C(=O)O)C(C)(SCCC(=O)O)c1ccccc1CCCCCCCCc1ccccc1. The number of unbranched alkanes of at least 4 members (excludes halogenated alkanes) is 5. The van der Waals surface area contributed by atoms with Gasteiger partial charge in [0.25, 0.3) is 9.04 Å². The van der Waals surface area contributed by atoms with Gasteiger partial charge in [0.1, 0.15) is 0 Å². The quantitative estimate of drug-likeness (QED) is 0.0705. The number of benzene rings is 4. The molecule has 0 amide bonds. The first kappa shape index (κ1) is 39.1. The maximum absolute atomic E-state index is 14.1. The van der Waals surface area contributed by atoms with Gasteiger partial charge >= 0.3 is 11.9 Å². The van der Waals surface area contributed by atoms with E-state index in [-0.39, 0.29) is 12.2 Å². The van der Waals surface area contributed by atoms with E-state index in [4.69, 9.17) is 4.43 Å². The number of carbonyl (C=O) groups is 2. The van der Waals surface area contributed by atoms with Crippen LogP contribution in [0.3, 0.4) is 0 Å². The molecule has 4 aromatic carbocycles. The smallest absolute Gasteiger partial charge is 0.337 e. The molecule has 0 saturated carbocycles. The van der Waals surface area contributed by atoms with Crippen molar-refractivity contribution in [1.82, 2.24) is 0 Å². The minimum absolute atomic E-state index is 0.0816. The molecule has 4 rings (SSSR count). The van der Waals surface area contributed by atoms with E-state index in [1.165, 1.54) is 36.6 Å². The zero-order valence-electron chi connectivity index (χ0n) is 30.1. The first-order valence-electron chi connectivity index (χ1n) is 17.9. The Labute approximate surface area is 305 Å². The summed E-state index contributed by atoms with van der Waals surface area (Å²) in [5.41, 5.74) is 0.756. The fraction of sp³-hybridized carbons (Fsp3) is 0.395. The van der Waals surface area contributed by atoms with Gasteiger partial charge in [0.05, 0.1) is 11.2 Å². The second-order valence-electron chi connectivity index (χ2n) is 14.2. The number of aliphatic carboxylic acids is 2. The molecule has 0 fully saturated rings. The summed E-state index contributed by atoms with van der Waals surface area (Å²) >= 11 is 1.39. The average molecular weight is 710 g/mol. The summed E-state index contributed by atoms with van der Waals surface area (Å²) in [5, 5.41) is 23.1. The zero-order chi connectivity index (χ0) is 36.0. The van der Waals surface area contributed by atoms with Crippen molar-refractivity contribution in [2.45, 2.75) is 95.8 Å². The Morgan fingerprint density at radius 2 is 1.12 bits per heavy atom. The third-order valence-electron chi connectivity index (χ3n) is 9.60. The van der Waals surface area contributed by atoms with Gasteiger partial charge in [-0.05, 0) is 59.7 Å². The molecule has 0 aliphatic rings. The molecule has 0 aliphatic heterocycles. The van der Waals surface area contributed by atoms with Crippen molar-refractivity contribution in [2.24, 2.45) is 5.41 Å². The summed E-state index contributed by atoms with van der Waals surface area (Å²) in [4.78, 5) is 25.9. The lowest BCUT2D eigenvalue weighted by Crippen LogP contribution is -2.68. The van der Waals surface area contributed by atoms with E-state index >= 15 is 0 Å². The molecule has 0 heterocycles. The van der Waals surface area contributed by atoms with Crippen LogP contribution in [0.2, 0.25) is 0 Å². The molecule has 2 atom stereocenters. The first-order valence-corrected chi connectivity index (χ1v) is 20.3. The summed E-state index contributed by atoms with van der Waals surface area (Å²) in [7, 11) is -2.09. The van der Waals surface area contributed by atoms with Gasteiger partial charge in [-0.2, -0.15) is 0 Å². The highest BCUT2D eigenvalue weighted by molar-refractivity contribution is 8.00. The lowest BCUT2D eigenvalue weighted by molar-refractivity contribution is -0.172. The Morgan fingerprint density at radius 3 is 1.64 bits per heavy atom. The predicted molar refractivity (Wildman–Crippen MR) is 209 cm³/mol. The second kappa shape index (κ2) is 18.5. The topological polar surface area (TPSA) is 83.8 Å². The molecule has 5 nitrogen and oxygen atoms in total. The summed E-state index contributed by atoms with van der Waals surface area (Å²) in [5.74, 6) is -1.71. The molecule has 2 unspecified atom stereocenters. The van der Waals surface area contributed by atoms with E-state index < -0.39 is 36.7 Å². The average Bonchev–Trinajstić information content (AvgIpc) is 3.10. The van der Waals surface area contributed by atoms with Crippen LogP contribution in [-0.2, 0) is 31.6 Å². The van der Waals surface area contributed by atoms with E-state index in [1.54, 1.807) is 0 Å². The molecule has 0 bridgehead atoms. The molecule has 0 aromatic heterocycles. The number of hydrogen-bond donors (Lipinski definition) is 2. The summed E-state index contributed by atoms with van der Waals surface area (Å²) in [6.07, 6.45) is 8.69. The van der Waals surface area contributed by atoms with Gasteiger partial charge in [0.2, 0.25) is 0 Å². The fourth-order valence-corrected chi connectivity index (χ4v) is 11.3. The molecule has 265 valence electrons. The number of rotatable bonds is 20. The van der Waals surface area contributed by atoms with Crippen LogP contribution in [0.1, 0.15) is 89.3 Å². The van der Waals surface area contributed by atoms with Gasteiger partial charge in [0.15, 0.2) is 5.60 Å². The predicted octanol–water partition coefficient (Wildman–Crippen LogP) is 8.93. The van der Waals surface area contributed by atoms with E-state index in [2.05, 4.69) is 36.4 Å². The molecule has 0 spiro atoms. The Hall–Kier alpha value is -3.65. The van der Waals surface area contributed by atoms with Gasteiger partial charge in [-0.15, -0.1) is 11.8 Å². The van der Waals surface area contributed by atoms with Crippen molar-refractivity contribution >= 4 is 43.1 Å². The highest BCUT2D eigenvalue weighted by Gasteiger charge is 2.64. The van der Waals surface area contributed by atoms with E-state index in [0.29, 0.717) is 0 Å². The lowest BCUT2D eigenvalue weighted by atomic mass is 9.66. The first-order chi connectivity index (χ1) is 24.0. The molecule has 7 heteroatoms. The fourth-order valence-electron chi connectivity index (χ4n) is 7.06. The molecule has 50 heavy (non-hydrogen) atoms. The molecule has 4 aromatic rings. The maximum Gasteiger partial charge on any atom is 0.337 e. The van der Waals surface area contributed by atoms with E-state index in [0.717, 1.165) is 53.6 Å². The van der Waals surface area contributed by atoms with Gasteiger partial charge in [-0.3, -0.25) is 4.79 Å². The zero-order valence-corrected chi connectivity index (χ0v) is 31.9. The van der Waals surface area contributed by atoms with Crippen molar-refractivity contribution in [2.75, 3.05) is 5.75 Å². The Bertz CT molecular complexity index is 1590. The molecule has 2 N–H and O–H groups in total. The number of thioether (sulfide) groups is 1. The molecular formula is C43H53O5SSi. The van der Waals surface area contributed by atoms with E-state index in [9.17, 15) is 19.8 Å². The minimum Gasteiger partial charge on any atom is -0.481 e. The molecular weight excluding hydrogens is 657 g/mol. The maximum atomic E-state index is 14.1. The largest absolute Gasteiger partial charge is 0.481 e. The van der Waals surface area contributed by atoms with Crippen LogP contribution < -0.4 is 10.4 Å². The van der Waals surface area contributed by atoms with E-state index in [1.807, 2.05) is 107 Å². The number of carboxylic acids is 2. The minimum atomic E-state index is -2.09. The Balaban J connectivity index is 1.67. The highest BCUT2D eigenvalue weighted by Crippen LogP contribution is 2.56. The van der Waals surface area contributed by atoms with Crippen LogP contribution in [0.15, 0.2) is 115 Å². The highest BCUT2D eigenvalue weighted by atomic mass is 32.2. The van der Waals surface area contributed by atoms with Gasteiger partial charge < -0.3 is 14.6 Å². The van der Waals surface area contributed by atoms with Crippen LogP contribution in [0.5, 0.6) is 0 Å². The van der Waals surface area contributed by atoms with Crippen LogP contribution >= 0.6 is 11.8 Å². The molecule has 0 saturated heterocycles. The number of aryl methyl sites for hydroxylation is 2. The van der Waals surface area contributed by atoms with Gasteiger partial charge in [-0.25, -0.2) is 4.79 Å². The Kier molecular flexibility index (Phi) is 14.5. The summed E-state index contributed by atoms with van der Waals surface area (Å²) < 4.78 is 6.18. The second-order valence-corrected chi connectivity index (χ2v) is 17.7. The summed E-state index contributed by atoms with van der Waals surface area (Å²) in [6, 6.07) is 38.6. The normalized spacial score (nSPS) is 14.2. The number of carboxylic acid groups (broad SMARTS) is 2. The van der Waals surface area contributed by atoms with Gasteiger partial charge in [0, 0.05) is 11.2 Å². The van der Waals surface area contributed by atoms with Crippen LogP contribution in [0, 0.1) is 5.41 Å². The third kappa shape index (κ3) is 9.77. The van der Waals surface area contributed by atoms with Crippen LogP contribution in [0.25, 0.3) is 0 Å². The number of hydrogen-bond acceptors (Lipinski definition) is 4. The van der Waals surface area contributed by atoms with Gasteiger partial charge in [-0.1, -0.05) is 162 Å². The van der Waals surface area contributed by atoms with Crippen molar-refractivity contribution in [3.05, 3.63) is 132 Å². The molecule has 1 radical (unpaired) electrons. The third-order valence-corrected chi connectivity index (χ3v) is 13.3. The summed E-state index contributed by atoms with van der Waals surface area (Å²) in [6.45, 7) is 7.78. The lowest BCUT2D eigenvalue weighted by Gasteiger charge is -2.54. The van der Waals surface area contributed by atoms with Crippen LogP contribution in [-0.4, -0.2) is 42.5 Å². The van der Waals surface area contributed by atoms with Crippen molar-refractivity contribution in [3.8, 4) is 0 Å². The van der Waals surface area contributed by atoms with Crippen molar-refractivity contribution < 1.29 is 24.2 Å². The van der Waals surface area contributed by atoms with Crippen LogP contribution in [0.4, 0.5) is 0 Å². The molecule has 0 aliphatic carbocycles. The van der Waals surface area contributed by atoms with Crippen molar-refractivity contribution in [3.63, 3.8) is 0 Å². The van der Waals surface area contributed by atoms with Crippen molar-refractivity contribution in [1.29, 1.82) is 0 Å². The standard InChI is InChI=1S/C43H53O5SSi/c1-41(2,3)43(40(46)47,48-50(36-27-16-10-17-28-36)37-29-18-11-19-30-37)42(4,49-33-32-39(44)45)38-31-21-20-26-35(38)25-15-8-6-5-7-12-22-34-23-13-9-14-24-34/h9-11,13-14,16-21,23-24,26-31H,5-8,12,15,22,25,32-33H2,1-4H3,(H,44,45)(H,46,47). The Morgan fingerprint density at radius 1 is 0.640 bits per heavy atom. The monoisotopic (exact) mass is 709 g/mol.